The number of carbonyl (C=O) groups is 1. The van der Waals surface area contributed by atoms with E-state index in [1.54, 1.807) is 22.8 Å². The Kier molecular flexibility index (Phi) is 7.27. The number of halogens is 1. The van der Waals surface area contributed by atoms with Crippen molar-refractivity contribution in [3.63, 3.8) is 0 Å². The smallest absolute Gasteiger partial charge is 0.335 e. The molecule has 2 aliphatic rings. The highest BCUT2D eigenvalue weighted by molar-refractivity contribution is 6.76. The minimum atomic E-state index is -1.28. The summed E-state index contributed by atoms with van der Waals surface area (Å²) in [6.45, 7) is 8.10. The Hall–Kier alpha value is -2.54. The van der Waals surface area contributed by atoms with Gasteiger partial charge in [-0.3, -0.25) is 4.57 Å². The van der Waals surface area contributed by atoms with Crippen molar-refractivity contribution in [3.05, 3.63) is 40.9 Å². The molecule has 5 rings (SSSR count). The molecule has 2 saturated heterocycles. The summed E-state index contributed by atoms with van der Waals surface area (Å²) in [6, 6.07) is 9.37. The van der Waals surface area contributed by atoms with Gasteiger partial charge in [-0.15, -0.1) is 0 Å². The molecule has 1 aromatic carbocycles. The first-order valence-electron chi connectivity index (χ1n) is 12.2. The molecule has 0 saturated carbocycles. The van der Waals surface area contributed by atoms with Crippen LogP contribution in [0.3, 0.4) is 0 Å². The summed E-state index contributed by atoms with van der Waals surface area (Å²) >= 11 is 6.57. The molecule has 4 atom stereocenters. The van der Waals surface area contributed by atoms with E-state index in [1.165, 1.54) is 12.1 Å². The Labute approximate surface area is 220 Å². The van der Waals surface area contributed by atoms with E-state index in [9.17, 15) is 15.0 Å². The Balaban J connectivity index is 1.48. The van der Waals surface area contributed by atoms with Crippen molar-refractivity contribution < 1.29 is 34.0 Å². The minimum Gasteiger partial charge on any atom is -0.478 e. The zero-order valence-corrected chi connectivity index (χ0v) is 22.6. The second-order valence-electron chi connectivity index (χ2n) is 10.5. The maximum atomic E-state index is 11.2. The van der Waals surface area contributed by atoms with E-state index in [4.69, 9.17) is 35.5 Å². The second kappa shape index (κ2) is 10.3. The van der Waals surface area contributed by atoms with Crippen LogP contribution in [-0.4, -0.2) is 83.0 Å². The number of pyridine rings is 1. The molecule has 2 N–H and O–H groups in total. The minimum absolute atomic E-state index is 0.174. The third-order valence-electron chi connectivity index (χ3n) is 6.50. The molecule has 0 aliphatic carbocycles. The van der Waals surface area contributed by atoms with Crippen LogP contribution in [0.2, 0.25) is 30.7 Å². The van der Waals surface area contributed by atoms with Crippen molar-refractivity contribution in [2.45, 2.75) is 56.8 Å². The van der Waals surface area contributed by atoms with Crippen LogP contribution < -0.4 is 4.74 Å². The van der Waals surface area contributed by atoms with Gasteiger partial charge >= 0.3 is 12.0 Å². The monoisotopic (exact) mass is 547 g/mol. The quantitative estimate of drug-likeness (QED) is 0.305. The number of ether oxygens (including phenoxy) is 4. The summed E-state index contributed by atoms with van der Waals surface area (Å²) in [7, 11) is -1.28. The van der Waals surface area contributed by atoms with Gasteiger partial charge in [0, 0.05) is 20.2 Å². The van der Waals surface area contributed by atoms with E-state index >= 15 is 0 Å². The van der Waals surface area contributed by atoms with E-state index in [1.807, 2.05) is 0 Å². The average Bonchev–Trinajstić information content (AvgIpc) is 3.51. The number of aromatic nitrogens is 3. The highest BCUT2D eigenvalue weighted by atomic mass is 35.5. The fourth-order valence-corrected chi connectivity index (χ4v) is 5.41. The van der Waals surface area contributed by atoms with Gasteiger partial charge in [-0.2, -0.15) is 4.98 Å². The van der Waals surface area contributed by atoms with E-state index in [0.29, 0.717) is 40.1 Å². The zero-order valence-electron chi connectivity index (χ0n) is 20.9. The number of imidazole rings is 1. The number of hydrogen-bond donors (Lipinski definition) is 2. The molecule has 0 bridgehead atoms. The van der Waals surface area contributed by atoms with E-state index in [0.717, 1.165) is 6.04 Å². The molecule has 12 heteroatoms. The van der Waals surface area contributed by atoms with Crippen LogP contribution in [-0.2, 0) is 20.9 Å². The number of carboxylic acid groups (broad SMARTS) is 1. The SMILES string of the molecule is C[Si](C)(C)CCOCn1c(OC2COC3C(O)COC23)nc2cc(Cl)c(-c3ccc(C(=O)O)cc3)nc21. The molecular weight excluding hydrogens is 518 g/mol. The molecule has 0 amide bonds. The molecule has 0 radical (unpaired) electrons. The molecule has 37 heavy (non-hydrogen) atoms. The van der Waals surface area contributed by atoms with Crippen molar-refractivity contribution in [3.8, 4) is 17.3 Å². The number of hydrogen-bond acceptors (Lipinski definition) is 8. The third kappa shape index (κ3) is 5.52. The van der Waals surface area contributed by atoms with Gasteiger partial charge in [0.25, 0.3) is 0 Å². The Bertz CT molecular complexity index is 1290. The first kappa shape index (κ1) is 26.1. The van der Waals surface area contributed by atoms with Gasteiger partial charge in [-0.25, -0.2) is 9.78 Å². The van der Waals surface area contributed by atoms with Crippen molar-refractivity contribution in [2.24, 2.45) is 0 Å². The molecule has 3 aromatic rings. The number of rotatable bonds is 9. The van der Waals surface area contributed by atoms with Gasteiger partial charge in [-0.1, -0.05) is 43.4 Å². The number of benzene rings is 1. The van der Waals surface area contributed by atoms with Crippen LogP contribution in [0.1, 0.15) is 10.4 Å². The van der Waals surface area contributed by atoms with Crippen LogP contribution in [0.5, 0.6) is 6.01 Å². The average molecular weight is 548 g/mol. The molecule has 0 spiro atoms. The van der Waals surface area contributed by atoms with Crippen LogP contribution in [0.25, 0.3) is 22.4 Å². The topological polar surface area (TPSA) is 125 Å². The number of fused-ring (bicyclic) bond motifs is 2. The lowest BCUT2D eigenvalue weighted by molar-refractivity contribution is 0.00336. The van der Waals surface area contributed by atoms with E-state index < -0.39 is 38.5 Å². The molecule has 4 unspecified atom stereocenters. The Morgan fingerprint density at radius 3 is 2.59 bits per heavy atom. The van der Waals surface area contributed by atoms with Gasteiger partial charge in [-0.05, 0) is 24.2 Å². The standard InChI is InChI=1S/C25H30ClN3O7Si/c1-37(2,3)9-8-33-13-29-23-17(27-25(29)36-19-12-35-21-18(30)11-34-22(19)21)10-16(26)20(28-23)14-4-6-15(7-5-14)24(31)32/h4-7,10,18-19,21-22,30H,8-9,11-13H2,1-3H3,(H,31,32). The van der Waals surface area contributed by atoms with Gasteiger partial charge in [0.15, 0.2) is 11.8 Å². The van der Waals surface area contributed by atoms with E-state index in [-0.39, 0.29) is 25.5 Å². The van der Waals surface area contributed by atoms with Gasteiger partial charge in [0.05, 0.1) is 29.5 Å². The Morgan fingerprint density at radius 2 is 1.89 bits per heavy atom. The highest BCUT2D eigenvalue weighted by Crippen LogP contribution is 2.34. The molecule has 2 aliphatic heterocycles. The van der Waals surface area contributed by atoms with Gasteiger partial charge < -0.3 is 29.2 Å². The molecule has 10 nitrogen and oxygen atoms in total. The summed E-state index contributed by atoms with van der Waals surface area (Å²) in [5.74, 6) is -1.01. The largest absolute Gasteiger partial charge is 0.478 e. The summed E-state index contributed by atoms with van der Waals surface area (Å²) in [5.41, 5.74) is 2.39. The summed E-state index contributed by atoms with van der Waals surface area (Å²) in [6.07, 6.45) is -1.95. The van der Waals surface area contributed by atoms with Gasteiger partial charge in [0.2, 0.25) is 0 Å². The lowest BCUT2D eigenvalue weighted by atomic mass is 10.1. The molecular formula is C25H30ClN3O7Si. The lowest BCUT2D eigenvalue weighted by Gasteiger charge is -2.19. The molecule has 4 heterocycles. The molecule has 198 valence electrons. The molecule has 2 aromatic heterocycles. The normalized spacial score (nSPS) is 23.5. The van der Waals surface area contributed by atoms with Crippen molar-refractivity contribution in [1.29, 1.82) is 0 Å². The number of aliphatic hydroxyl groups is 1. The highest BCUT2D eigenvalue weighted by Gasteiger charge is 2.49. The molecule has 2 fully saturated rings. The van der Waals surface area contributed by atoms with Crippen LogP contribution in [0.4, 0.5) is 0 Å². The lowest BCUT2D eigenvalue weighted by Crippen LogP contribution is -2.35. The number of aromatic carboxylic acids is 1. The number of aliphatic hydroxyl groups excluding tert-OH is 1. The fourth-order valence-electron chi connectivity index (χ4n) is 4.40. The van der Waals surface area contributed by atoms with Gasteiger partial charge in [0.1, 0.15) is 30.6 Å². The maximum absolute atomic E-state index is 11.2. The van der Waals surface area contributed by atoms with Crippen LogP contribution in [0.15, 0.2) is 30.3 Å². The first-order valence-corrected chi connectivity index (χ1v) is 16.3. The van der Waals surface area contributed by atoms with Crippen molar-refractivity contribution >= 4 is 36.8 Å². The zero-order chi connectivity index (χ0) is 26.3. The van der Waals surface area contributed by atoms with Crippen molar-refractivity contribution in [2.75, 3.05) is 19.8 Å². The van der Waals surface area contributed by atoms with E-state index in [2.05, 4.69) is 24.6 Å². The van der Waals surface area contributed by atoms with Crippen LogP contribution in [0, 0.1) is 0 Å². The Morgan fingerprint density at radius 1 is 1.16 bits per heavy atom. The summed E-state index contributed by atoms with van der Waals surface area (Å²) in [5, 5.41) is 19.7. The summed E-state index contributed by atoms with van der Waals surface area (Å²) in [4.78, 5) is 20.7. The first-order chi connectivity index (χ1) is 17.6. The third-order valence-corrected chi connectivity index (χ3v) is 8.49. The van der Waals surface area contributed by atoms with Crippen molar-refractivity contribution in [1.82, 2.24) is 14.5 Å². The van der Waals surface area contributed by atoms with Crippen LogP contribution >= 0.6 is 11.6 Å². The summed E-state index contributed by atoms with van der Waals surface area (Å²) < 4.78 is 25.4. The predicted octanol–water partition coefficient (Wildman–Crippen LogP) is 3.67. The fraction of sp³-hybridized carbons (Fsp3) is 0.480. The number of nitrogens with zero attached hydrogens (tertiary/aromatic N) is 3. The number of carboxylic acids is 1. The predicted molar refractivity (Wildman–Crippen MR) is 139 cm³/mol. The maximum Gasteiger partial charge on any atom is 0.335 e. The second-order valence-corrected chi connectivity index (χ2v) is 16.6.